The lowest BCUT2D eigenvalue weighted by Gasteiger charge is -2.35. The Labute approximate surface area is 231 Å². The zero-order valence-corrected chi connectivity index (χ0v) is 22.0. The van der Waals surface area contributed by atoms with Gasteiger partial charge >= 0.3 is 0 Å². The number of halogens is 2. The van der Waals surface area contributed by atoms with Crippen LogP contribution in [0.4, 0.5) is 5.69 Å². The Hall–Kier alpha value is -3.85. The average Bonchev–Trinajstić information content (AvgIpc) is 2.94. The van der Waals surface area contributed by atoms with E-state index in [4.69, 9.17) is 23.2 Å². The fourth-order valence-corrected chi connectivity index (χ4v) is 6.47. The van der Waals surface area contributed by atoms with Crippen LogP contribution in [0.25, 0.3) is 32.3 Å². The summed E-state index contributed by atoms with van der Waals surface area (Å²) in [5.74, 6) is -0.0561. The highest BCUT2D eigenvalue weighted by molar-refractivity contribution is 6.32. The second-order valence-corrected chi connectivity index (χ2v) is 10.8. The summed E-state index contributed by atoms with van der Waals surface area (Å²) in [6.07, 6.45) is 0.344. The first-order valence-corrected chi connectivity index (χ1v) is 13.5. The molecule has 1 atom stereocenters. The Balaban J connectivity index is 1.35. The molecule has 0 bridgehead atoms. The molecular formula is C34H23Cl2NO. The minimum absolute atomic E-state index is 0.0773. The first kappa shape index (κ1) is 23.3. The molecule has 184 valence electrons. The quantitative estimate of drug-likeness (QED) is 0.208. The fourth-order valence-electron chi connectivity index (χ4n) is 6.02. The van der Waals surface area contributed by atoms with Crippen molar-refractivity contribution < 1.29 is 4.79 Å². The Morgan fingerprint density at radius 2 is 1.37 bits per heavy atom. The Bertz CT molecular complexity index is 1890. The third-order valence-corrected chi connectivity index (χ3v) is 8.40. The smallest absolute Gasteiger partial charge is 0.228 e. The van der Waals surface area contributed by atoms with Gasteiger partial charge in [-0.25, -0.2) is 0 Å². The van der Waals surface area contributed by atoms with E-state index in [0.717, 1.165) is 27.8 Å². The number of anilines is 1. The van der Waals surface area contributed by atoms with E-state index in [9.17, 15) is 4.79 Å². The van der Waals surface area contributed by atoms with Crippen molar-refractivity contribution in [3.8, 4) is 0 Å². The summed E-state index contributed by atoms with van der Waals surface area (Å²) in [7, 11) is 0. The number of carbonyl (C=O) groups excluding carboxylic acids is 1. The van der Waals surface area contributed by atoms with E-state index in [1.165, 1.54) is 26.9 Å². The number of fused-ring (bicyclic) bond motifs is 6. The van der Waals surface area contributed by atoms with Crippen LogP contribution in [0.1, 0.15) is 29.0 Å². The minimum Gasteiger partial charge on any atom is -0.308 e. The van der Waals surface area contributed by atoms with Crippen molar-refractivity contribution in [2.75, 3.05) is 4.90 Å². The van der Waals surface area contributed by atoms with E-state index in [1.54, 1.807) is 0 Å². The normalized spacial score (nSPS) is 15.4. The molecule has 0 saturated heterocycles. The van der Waals surface area contributed by atoms with Crippen LogP contribution in [0.3, 0.4) is 0 Å². The second kappa shape index (κ2) is 9.16. The predicted molar refractivity (Wildman–Crippen MR) is 160 cm³/mol. The third-order valence-electron chi connectivity index (χ3n) is 7.82. The van der Waals surface area contributed by atoms with Crippen molar-refractivity contribution >= 4 is 67.1 Å². The van der Waals surface area contributed by atoms with Crippen molar-refractivity contribution in [2.45, 2.75) is 18.9 Å². The van der Waals surface area contributed by atoms with Gasteiger partial charge in [-0.2, -0.15) is 0 Å². The van der Waals surface area contributed by atoms with E-state index in [-0.39, 0.29) is 11.8 Å². The Morgan fingerprint density at radius 3 is 2.26 bits per heavy atom. The van der Waals surface area contributed by atoms with E-state index in [2.05, 4.69) is 66.7 Å². The van der Waals surface area contributed by atoms with Gasteiger partial charge in [-0.05, 0) is 73.3 Å². The van der Waals surface area contributed by atoms with Gasteiger partial charge in [0.05, 0.1) is 6.54 Å². The minimum atomic E-state index is -0.133. The van der Waals surface area contributed by atoms with Gasteiger partial charge in [0.15, 0.2) is 0 Å². The summed E-state index contributed by atoms with van der Waals surface area (Å²) in [5.41, 5.74) is 3.99. The van der Waals surface area contributed by atoms with Crippen molar-refractivity contribution in [3.63, 3.8) is 0 Å². The zero-order valence-electron chi connectivity index (χ0n) is 20.5. The predicted octanol–water partition coefficient (Wildman–Crippen LogP) is 9.52. The van der Waals surface area contributed by atoms with Crippen molar-refractivity contribution in [3.05, 3.63) is 136 Å². The molecule has 4 heteroatoms. The second-order valence-electron chi connectivity index (χ2n) is 9.92. The van der Waals surface area contributed by atoms with Gasteiger partial charge in [0.1, 0.15) is 0 Å². The van der Waals surface area contributed by atoms with Gasteiger partial charge in [0, 0.05) is 28.1 Å². The molecule has 1 aliphatic rings. The largest absolute Gasteiger partial charge is 0.308 e. The fraction of sp³-hybridized carbons (Fsp3) is 0.0882. The molecule has 38 heavy (non-hydrogen) atoms. The van der Waals surface area contributed by atoms with Gasteiger partial charge in [0.2, 0.25) is 5.91 Å². The lowest BCUT2D eigenvalue weighted by Crippen LogP contribution is -2.36. The molecule has 0 N–H and O–H groups in total. The van der Waals surface area contributed by atoms with Gasteiger partial charge in [0.25, 0.3) is 0 Å². The molecule has 0 aliphatic carbocycles. The lowest BCUT2D eigenvalue weighted by molar-refractivity contribution is -0.119. The van der Waals surface area contributed by atoms with Crippen LogP contribution in [-0.4, -0.2) is 5.91 Å². The van der Waals surface area contributed by atoms with Crippen LogP contribution in [0.2, 0.25) is 10.0 Å². The number of benzene rings is 6. The topological polar surface area (TPSA) is 20.3 Å². The molecule has 1 amide bonds. The van der Waals surface area contributed by atoms with Crippen LogP contribution in [-0.2, 0) is 11.3 Å². The lowest BCUT2D eigenvalue weighted by atomic mass is 9.83. The summed E-state index contributed by atoms with van der Waals surface area (Å²) in [6.45, 7) is 0.485. The van der Waals surface area contributed by atoms with Crippen LogP contribution >= 0.6 is 23.2 Å². The molecule has 0 radical (unpaired) electrons. The molecule has 1 aliphatic heterocycles. The van der Waals surface area contributed by atoms with E-state index in [0.29, 0.717) is 23.0 Å². The third kappa shape index (κ3) is 3.75. The molecule has 1 unspecified atom stereocenters. The maximum absolute atomic E-state index is 13.7. The molecule has 6 aromatic rings. The average molecular weight is 532 g/mol. The highest BCUT2D eigenvalue weighted by Crippen LogP contribution is 2.44. The van der Waals surface area contributed by atoms with E-state index in [1.807, 2.05) is 47.4 Å². The maximum atomic E-state index is 13.7. The van der Waals surface area contributed by atoms with Crippen LogP contribution in [0, 0.1) is 0 Å². The summed E-state index contributed by atoms with van der Waals surface area (Å²) in [6, 6.07) is 37.2. The summed E-state index contributed by atoms with van der Waals surface area (Å²) in [5, 5.41) is 8.62. The van der Waals surface area contributed by atoms with Gasteiger partial charge < -0.3 is 4.90 Å². The van der Waals surface area contributed by atoms with Crippen LogP contribution in [0.5, 0.6) is 0 Å². The SMILES string of the molecule is O=C1CC(c2ccccc2Cl)c2cc(Cl)ccc2N1Cc1cccc2c1ccc1c3ccccc3ccc21. The molecule has 0 aromatic heterocycles. The van der Waals surface area contributed by atoms with Crippen molar-refractivity contribution in [1.29, 1.82) is 0 Å². The van der Waals surface area contributed by atoms with Crippen LogP contribution < -0.4 is 4.90 Å². The highest BCUT2D eigenvalue weighted by Gasteiger charge is 2.33. The van der Waals surface area contributed by atoms with Crippen molar-refractivity contribution in [1.82, 2.24) is 0 Å². The maximum Gasteiger partial charge on any atom is 0.228 e. The first-order chi connectivity index (χ1) is 18.6. The first-order valence-electron chi connectivity index (χ1n) is 12.7. The van der Waals surface area contributed by atoms with Gasteiger partial charge in [-0.3, -0.25) is 4.79 Å². The molecule has 0 saturated carbocycles. The number of hydrogen-bond donors (Lipinski definition) is 0. The molecule has 0 spiro atoms. The number of amides is 1. The summed E-state index contributed by atoms with van der Waals surface area (Å²) >= 11 is 13.0. The van der Waals surface area contributed by atoms with Crippen molar-refractivity contribution in [2.24, 2.45) is 0 Å². The van der Waals surface area contributed by atoms with Gasteiger partial charge in [-0.1, -0.05) is 108 Å². The molecule has 6 aromatic carbocycles. The molecule has 0 fully saturated rings. The van der Waals surface area contributed by atoms with Crippen LogP contribution in [0.15, 0.2) is 109 Å². The summed E-state index contributed by atoms with van der Waals surface area (Å²) < 4.78 is 0. The monoisotopic (exact) mass is 531 g/mol. The zero-order chi connectivity index (χ0) is 25.8. The molecule has 2 nitrogen and oxygen atoms in total. The van der Waals surface area contributed by atoms with E-state index < -0.39 is 0 Å². The number of hydrogen-bond acceptors (Lipinski definition) is 1. The number of nitrogens with zero attached hydrogens (tertiary/aromatic N) is 1. The Morgan fingerprint density at radius 1 is 0.658 bits per heavy atom. The molecule has 7 rings (SSSR count). The molecular weight excluding hydrogens is 509 g/mol. The number of carbonyl (C=O) groups is 1. The Kier molecular flexibility index (Phi) is 5.61. The summed E-state index contributed by atoms with van der Waals surface area (Å²) in [4.78, 5) is 15.6. The van der Waals surface area contributed by atoms with E-state index >= 15 is 0 Å². The number of rotatable bonds is 3. The van der Waals surface area contributed by atoms with Gasteiger partial charge in [-0.15, -0.1) is 0 Å². The molecule has 1 heterocycles. The highest BCUT2D eigenvalue weighted by atomic mass is 35.5. The standard InChI is InChI=1S/C34H23Cl2NO/c35-23-13-17-33-31(18-23)30(29-9-3-4-11-32(29)36)19-34(38)37(33)20-22-7-5-10-26-25(22)15-16-27-24-8-2-1-6-21(24)12-14-28(26)27/h1-18,30H,19-20H2.